The molecule has 0 aromatic carbocycles. The molecule has 100 valence electrons. The van der Waals surface area contributed by atoms with E-state index in [9.17, 15) is 4.79 Å². The van der Waals surface area contributed by atoms with E-state index in [-0.39, 0.29) is 5.91 Å². The number of nitrogens with zero attached hydrogens (tertiary/aromatic N) is 1. The summed E-state index contributed by atoms with van der Waals surface area (Å²) in [4.78, 5) is 15.7. The van der Waals surface area contributed by atoms with E-state index in [2.05, 4.69) is 10.3 Å². The van der Waals surface area contributed by atoms with E-state index >= 15 is 0 Å². The first-order valence-corrected chi connectivity index (χ1v) is 5.72. The van der Waals surface area contributed by atoms with Gasteiger partial charge in [0, 0.05) is 19.8 Å². The summed E-state index contributed by atoms with van der Waals surface area (Å²) in [7, 11) is 3.15. The monoisotopic (exact) mass is 253 g/mol. The summed E-state index contributed by atoms with van der Waals surface area (Å²) in [5.41, 5.74) is 6.35. The van der Waals surface area contributed by atoms with Gasteiger partial charge in [0.25, 0.3) is 0 Å². The second-order valence-corrected chi connectivity index (χ2v) is 3.82. The molecule has 1 aromatic rings. The fourth-order valence-electron chi connectivity index (χ4n) is 1.39. The third kappa shape index (κ3) is 4.68. The number of anilines is 1. The number of ether oxygens (including phenoxy) is 2. The summed E-state index contributed by atoms with van der Waals surface area (Å²) in [6.07, 6.45) is 2.87. The van der Waals surface area contributed by atoms with Gasteiger partial charge in [-0.25, -0.2) is 4.98 Å². The van der Waals surface area contributed by atoms with E-state index in [1.807, 2.05) is 0 Å². The van der Waals surface area contributed by atoms with Crippen molar-refractivity contribution in [3.05, 3.63) is 18.3 Å². The number of amides is 1. The van der Waals surface area contributed by atoms with Crippen LogP contribution in [0.4, 0.5) is 5.69 Å². The van der Waals surface area contributed by atoms with E-state index in [1.165, 1.54) is 13.3 Å². The van der Waals surface area contributed by atoms with Crippen molar-refractivity contribution in [2.24, 2.45) is 5.73 Å². The zero-order chi connectivity index (χ0) is 13.4. The standard InChI is InChI=1S/C12H19N3O3/c1-17-7-3-4-10(13)12(16)15-9-5-6-11(18-2)14-8-9/h5-6,8,10H,3-4,7,13H2,1-2H3,(H,15,16). The number of hydrogen-bond acceptors (Lipinski definition) is 5. The molecule has 0 aliphatic rings. The molecule has 6 nitrogen and oxygen atoms in total. The summed E-state index contributed by atoms with van der Waals surface area (Å²) in [6.45, 7) is 0.602. The van der Waals surface area contributed by atoms with Gasteiger partial charge in [0.1, 0.15) is 0 Å². The number of rotatable bonds is 7. The Kier molecular flexibility index (Phi) is 6.10. The van der Waals surface area contributed by atoms with Crippen LogP contribution in [0.2, 0.25) is 0 Å². The lowest BCUT2D eigenvalue weighted by Crippen LogP contribution is -2.35. The predicted octanol–water partition coefficient (Wildman–Crippen LogP) is 0.783. The molecular formula is C12H19N3O3. The molecule has 0 fully saturated rings. The molecule has 0 saturated carbocycles. The highest BCUT2D eigenvalue weighted by Crippen LogP contribution is 2.11. The molecule has 0 bridgehead atoms. The molecule has 1 aromatic heterocycles. The predicted molar refractivity (Wildman–Crippen MR) is 68.5 cm³/mol. The zero-order valence-electron chi connectivity index (χ0n) is 10.7. The molecule has 18 heavy (non-hydrogen) atoms. The lowest BCUT2D eigenvalue weighted by molar-refractivity contribution is -0.117. The average Bonchev–Trinajstić information content (AvgIpc) is 2.39. The summed E-state index contributed by atoms with van der Waals surface area (Å²) < 4.78 is 9.83. The van der Waals surface area contributed by atoms with E-state index < -0.39 is 6.04 Å². The van der Waals surface area contributed by atoms with E-state index in [0.717, 1.165) is 6.42 Å². The van der Waals surface area contributed by atoms with E-state index in [4.69, 9.17) is 15.2 Å². The van der Waals surface area contributed by atoms with Crippen LogP contribution in [-0.4, -0.2) is 37.8 Å². The van der Waals surface area contributed by atoms with Gasteiger partial charge in [0.05, 0.1) is 25.0 Å². The number of carbonyl (C=O) groups excluding carboxylic acids is 1. The van der Waals surface area contributed by atoms with Gasteiger partial charge in [-0.15, -0.1) is 0 Å². The Morgan fingerprint density at radius 3 is 2.83 bits per heavy atom. The van der Waals surface area contributed by atoms with Crippen molar-refractivity contribution >= 4 is 11.6 Å². The smallest absolute Gasteiger partial charge is 0.241 e. The van der Waals surface area contributed by atoms with Gasteiger partial charge < -0.3 is 20.5 Å². The molecule has 0 aliphatic carbocycles. The third-order valence-electron chi connectivity index (χ3n) is 2.41. The minimum Gasteiger partial charge on any atom is -0.481 e. The quantitative estimate of drug-likeness (QED) is 0.701. The van der Waals surface area contributed by atoms with Gasteiger partial charge in [-0.05, 0) is 18.9 Å². The second-order valence-electron chi connectivity index (χ2n) is 3.82. The van der Waals surface area contributed by atoms with Crippen molar-refractivity contribution in [3.8, 4) is 5.88 Å². The van der Waals surface area contributed by atoms with Crippen molar-refractivity contribution in [1.82, 2.24) is 4.98 Å². The van der Waals surface area contributed by atoms with E-state index in [0.29, 0.717) is 24.6 Å². The first-order chi connectivity index (χ1) is 8.67. The third-order valence-corrected chi connectivity index (χ3v) is 2.41. The number of hydrogen-bond donors (Lipinski definition) is 2. The van der Waals surface area contributed by atoms with Crippen LogP contribution in [0.3, 0.4) is 0 Å². The molecule has 6 heteroatoms. The molecule has 0 spiro atoms. The fourth-order valence-corrected chi connectivity index (χ4v) is 1.39. The molecular weight excluding hydrogens is 234 g/mol. The first kappa shape index (κ1) is 14.4. The highest BCUT2D eigenvalue weighted by atomic mass is 16.5. The van der Waals surface area contributed by atoms with Crippen molar-refractivity contribution in [1.29, 1.82) is 0 Å². The molecule has 0 radical (unpaired) electrons. The number of methoxy groups -OCH3 is 2. The van der Waals surface area contributed by atoms with E-state index in [1.54, 1.807) is 19.2 Å². The Morgan fingerprint density at radius 2 is 2.28 bits per heavy atom. The normalized spacial score (nSPS) is 11.9. The van der Waals surface area contributed by atoms with Crippen LogP contribution in [0.25, 0.3) is 0 Å². The van der Waals surface area contributed by atoms with Crippen LogP contribution in [0.5, 0.6) is 5.88 Å². The number of aromatic nitrogens is 1. The number of pyridine rings is 1. The Hall–Kier alpha value is -1.66. The van der Waals surface area contributed by atoms with Gasteiger partial charge in [-0.3, -0.25) is 4.79 Å². The van der Waals surface area contributed by atoms with Crippen LogP contribution in [0, 0.1) is 0 Å². The van der Waals surface area contributed by atoms with Gasteiger partial charge in [-0.2, -0.15) is 0 Å². The van der Waals surface area contributed by atoms with Crippen LogP contribution < -0.4 is 15.8 Å². The number of carbonyl (C=O) groups is 1. The molecule has 1 atom stereocenters. The maximum absolute atomic E-state index is 11.7. The maximum Gasteiger partial charge on any atom is 0.241 e. The Bertz CT molecular complexity index is 367. The molecule has 1 rings (SSSR count). The van der Waals surface area contributed by atoms with Crippen molar-refractivity contribution in [2.75, 3.05) is 26.1 Å². The molecule has 1 amide bonds. The second kappa shape index (κ2) is 7.62. The van der Waals surface area contributed by atoms with Gasteiger partial charge in [0.15, 0.2) is 0 Å². The van der Waals surface area contributed by atoms with Gasteiger partial charge >= 0.3 is 0 Å². The van der Waals surface area contributed by atoms with Crippen LogP contribution >= 0.6 is 0 Å². The lowest BCUT2D eigenvalue weighted by atomic mass is 10.1. The Balaban J connectivity index is 2.42. The van der Waals surface area contributed by atoms with Crippen LogP contribution in [0.15, 0.2) is 18.3 Å². The molecule has 1 unspecified atom stereocenters. The highest BCUT2D eigenvalue weighted by molar-refractivity contribution is 5.94. The number of nitrogens with one attached hydrogen (secondary N) is 1. The Labute approximate surface area is 106 Å². The molecule has 3 N–H and O–H groups in total. The first-order valence-electron chi connectivity index (χ1n) is 5.72. The highest BCUT2D eigenvalue weighted by Gasteiger charge is 2.13. The van der Waals surface area contributed by atoms with Gasteiger partial charge in [0.2, 0.25) is 11.8 Å². The van der Waals surface area contributed by atoms with Crippen LogP contribution in [0.1, 0.15) is 12.8 Å². The topological polar surface area (TPSA) is 86.5 Å². The summed E-state index contributed by atoms with van der Waals surface area (Å²) >= 11 is 0. The Morgan fingerprint density at radius 1 is 1.50 bits per heavy atom. The van der Waals surface area contributed by atoms with Crippen LogP contribution in [-0.2, 0) is 9.53 Å². The SMILES string of the molecule is COCCCC(N)C(=O)Nc1ccc(OC)nc1. The summed E-state index contributed by atoms with van der Waals surface area (Å²) in [5, 5.41) is 2.70. The lowest BCUT2D eigenvalue weighted by Gasteiger charge is -2.11. The fraction of sp³-hybridized carbons (Fsp3) is 0.500. The maximum atomic E-state index is 11.7. The zero-order valence-corrected chi connectivity index (χ0v) is 10.7. The molecule has 1 heterocycles. The van der Waals surface area contributed by atoms with Crippen molar-refractivity contribution < 1.29 is 14.3 Å². The summed E-state index contributed by atoms with van der Waals surface area (Å²) in [6, 6.07) is 2.85. The minimum absolute atomic E-state index is 0.224. The van der Waals surface area contributed by atoms with Crippen molar-refractivity contribution in [2.45, 2.75) is 18.9 Å². The average molecular weight is 253 g/mol. The van der Waals surface area contributed by atoms with Gasteiger partial charge in [-0.1, -0.05) is 0 Å². The number of nitrogens with two attached hydrogens (primary N) is 1. The largest absolute Gasteiger partial charge is 0.481 e. The minimum atomic E-state index is -0.540. The summed E-state index contributed by atoms with van der Waals surface area (Å²) in [5.74, 6) is 0.274. The molecule has 0 saturated heterocycles. The van der Waals surface area contributed by atoms with Crippen molar-refractivity contribution in [3.63, 3.8) is 0 Å². The molecule has 0 aliphatic heterocycles.